The summed E-state index contributed by atoms with van der Waals surface area (Å²) in [6, 6.07) is 4.23. The lowest BCUT2D eigenvalue weighted by Gasteiger charge is -2.06. The van der Waals surface area contributed by atoms with Crippen molar-refractivity contribution in [3.05, 3.63) is 23.2 Å². The van der Waals surface area contributed by atoms with Gasteiger partial charge in [0.05, 0.1) is 5.02 Å². The van der Waals surface area contributed by atoms with Gasteiger partial charge in [0.15, 0.2) is 0 Å². The highest BCUT2D eigenvalue weighted by molar-refractivity contribution is 6.32. The highest BCUT2D eigenvalue weighted by Gasteiger charge is 2.03. The van der Waals surface area contributed by atoms with Gasteiger partial charge >= 0.3 is 0 Å². The van der Waals surface area contributed by atoms with Crippen LogP contribution in [0.1, 0.15) is 0 Å². The number of hydrogen-bond acceptors (Lipinski definition) is 2. The van der Waals surface area contributed by atoms with E-state index in [2.05, 4.69) is 9.47 Å². The predicted molar refractivity (Wildman–Crippen MR) is 44.7 cm³/mol. The molecule has 0 radical (unpaired) electrons. The molecule has 72 valence electrons. The molecule has 0 fully saturated rings. The molecule has 1 aromatic carbocycles. The number of benzene rings is 1. The fourth-order valence-corrected chi connectivity index (χ4v) is 0.978. The first-order valence-electron chi connectivity index (χ1n) is 3.45. The summed E-state index contributed by atoms with van der Waals surface area (Å²) in [5.74, 6) is 0.380. The predicted octanol–water partition coefficient (Wildman–Crippen LogP) is 2.95. The van der Waals surface area contributed by atoms with Crippen LogP contribution in [-0.2, 0) is 0 Å². The van der Waals surface area contributed by atoms with Crippen LogP contribution < -0.4 is 9.47 Å². The average Bonchev–Trinajstić information content (AvgIpc) is 2.12. The summed E-state index contributed by atoms with van der Waals surface area (Å²) in [6.07, 6.45) is 0. The lowest BCUT2D eigenvalue weighted by atomic mass is 10.3. The van der Waals surface area contributed by atoms with Crippen molar-refractivity contribution in [1.29, 1.82) is 0 Å². The van der Waals surface area contributed by atoms with Gasteiger partial charge in [0.25, 0.3) is 0 Å². The number of ether oxygens (including phenoxy) is 2. The first-order valence-corrected chi connectivity index (χ1v) is 3.83. The van der Waals surface area contributed by atoms with Crippen LogP contribution in [0.5, 0.6) is 11.5 Å². The molecule has 0 unspecified atom stereocenters. The molecular formula is C8H7ClF2O2. The fraction of sp³-hybridized carbons (Fsp3) is 0.250. The Labute approximate surface area is 79.0 Å². The molecule has 5 heteroatoms. The van der Waals surface area contributed by atoms with E-state index in [0.29, 0.717) is 0 Å². The van der Waals surface area contributed by atoms with Crippen molar-refractivity contribution in [3.63, 3.8) is 0 Å². The fourth-order valence-electron chi connectivity index (χ4n) is 0.806. The first-order chi connectivity index (χ1) is 6.27. The van der Waals surface area contributed by atoms with Crippen molar-refractivity contribution in [3.8, 4) is 11.5 Å². The van der Waals surface area contributed by atoms with E-state index >= 15 is 0 Å². The lowest BCUT2D eigenvalue weighted by Crippen LogP contribution is -1.94. The third-order valence-electron chi connectivity index (χ3n) is 1.33. The SMILES string of the molecule is FCOc1ccc(Cl)c(OCF)c1. The van der Waals surface area contributed by atoms with E-state index < -0.39 is 13.7 Å². The van der Waals surface area contributed by atoms with Crippen molar-refractivity contribution in [1.82, 2.24) is 0 Å². The van der Waals surface area contributed by atoms with Crippen LogP contribution in [0.2, 0.25) is 5.02 Å². The van der Waals surface area contributed by atoms with Gasteiger partial charge in [-0.05, 0) is 12.1 Å². The smallest absolute Gasteiger partial charge is 0.228 e. The van der Waals surface area contributed by atoms with E-state index in [1.165, 1.54) is 18.2 Å². The van der Waals surface area contributed by atoms with Crippen molar-refractivity contribution >= 4 is 11.6 Å². The molecule has 0 spiro atoms. The largest absolute Gasteiger partial charge is 0.463 e. The molecule has 0 aliphatic rings. The average molecular weight is 209 g/mol. The van der Waals surface area contributed by atoms with E-state index in [0.717, 1.165) is 0 Å². The molecule has 0 atom stereocenters. The summed E-state index contributed by atoms with van der Waals surface area (Å²) in [4.78, 5) is 0. The molecule has 0 amide bonds. The van der Waals surface area contributed by atoms with Crippen molar-refractivity contribution in [2.24, 2.45) is 0 Å². The highest BCUT2D eigenvalue weighted by Crippen LogP contribution is 2.28. The highest BCUT2D eigenvalue weighted by atomic mass is 35.5. The van der Waals surface area contributed by atoms with Crippen LogP contribution in [-0.4, -0.2) is 13.7 Å². The molecule has 13 heavy (non-hydrogen) atoms. The monoisotopic (exact) mass is 208 g/mol. The molecular weight excluding hydrogens is 202 g/mol. The summed E-state index contributed by atoms with van der Waals surface area (Å²) in [7, 11) is 0. The molecule has 0 heterocycles. The van der Waals surface area contributed by atoms with Gasteiger partial charge in [-0.25, -0.2) is 8.78 Å². The summed E-state index contributed by atoms with van der Waals surface area (Å²) in [5, 5.41) is 0.254. The number of halogens is 3. The van der Waals surface area contributed by atoms with Crippen molar-refractivity contribution < 1.29 is 18.3 Å². The molecule has 0 saturated heterocycles. The Hall–Kier alpha value is -1.03. The Morgan fingerprint density at radius 1 is 1.15 bits per heavy atom. The molecule has 0 aromatic heterocycles. The Bertz CT molecular complexity index is 281. The molecule has 1 aromatic rings. The molecule has 0 saturated carbocycles. The zero-order chi connectivity index (χ0) is 9.68. The minimum absolute atomic E-state index is 0.134. The van der Waals surface area contributed by atoms with Gasteiger partial charge in [0, 0.05) is 6.07 Å². The molecule has 2 nitrogen and oxygen atoms in total. The van der Waals surface area contributed by atoms with Gasteiger partial charge in [0.1, 0.15) is 11.5 Å². The second-order valence-electron chi connectivity index (χ2n) is 2.10. The van der Waals surface area contributed by atoms with Crippen LogP contribution in [0.25, 0.3) is 0 Å². The molecule has 1 rings (SSSR count). The minimum atomic E-state index is -0.987. The number of rotatable bonds is 4. The van der Waals surface area contributed by atoms with Crippen LogP contribution >= 0.6 is 11.6 Å². The van der Waals surface area contributed by atoms with E-state index in [4.69, 9.17) is 11.6 Å². The topological polar surface area (TPSA) is 18.5 Å². The van der Waals surface area contributed by atoms with Gasteiger partial charge in [0.2, 0.25) is 13.7 Å². The molecule has 0 bridgehead atoms. The minimum Gasteiger partial charge on any atom is -0.463 e. The summed E-state index contributed by atoms with van der Waals surface area (Å²) >= 11 is 5.63. The van der Waals surface area contributed by atoms with E-state index in [1.54, 1.807) is 0 Å². The van der Waals surface area contributed by atoms with Crippen LogP contribution in [0.3, 0.4) is 0 Å². The van der Waals surface area contributed by atoms with E-state index in [-0.39, 0.29) is 16.5 Å². The van der Waals surface area contributed by atoms with Crippen molar-refractivity contribution in [2.75, 3.05) is 13.7 Å². The maximum atomic E-state index is 11.8. The Kier molecular flexibility index (Phi) is 3.76. The van der Waals surface area contributed by atoms with Gasteiger partial charge in [-0.3, -0.25) is 0 Å². The Balaban J connectivity index is 2.83. The number of alkyl halides is 2. The zero-order valence-corrected chi connectivity index (χ0v) is 7.35. The second-order valence-corrected chi connectivity index (χ2v) is 2.51. The van der Waals surface area contributed by atoms with Gasteiger partial charge in [-0.2, -0.15) is 0 Å². The third kappa shape index (κ3) is 2.73. The summed E-state index contributed by atoms with van der Waals surface area (Å²) in [5.41, 5.74) is 0. The lowest BCUT2D eigenvalue weighted by molar-refractivity contribution is 0.182. The number of hydrogen-bond donors (Lipinski definition) is 0. The standard InChI is InChI=1S/C8H7ClF2O2/c9-7-2-1-6(12-4-10)3-8(7)13-5-11/h1-3H,4-5H2. The van der Waals surface area contributed by atoms with Crippen molar-refractivity contribution in [2.45, 2.75) is 0 Å². The quantitative estimate of drug-likeness (QED) is 0.758. The van der Waals surface area contributed by atoms with Gasteiger partial charge in [-0.1, -0.05) is 11.6 Å². The molecule has 0 aliphatic carbocycles. The third-order valence-corrected chi connectivity index (χ3v) is 1.65. The summed E-state index contributed by atoms with van der Waals surface area (Å²) in [6.45, 7) is -1.94. The Morgan fingerprint density at radius 3 is 2.46 bits per heavy atom. The van der Waals surface area contributed by atoms with Crippen LogP contribution in [0.4, 0.5) is 8.78 Å². The van der Waals surface area contributed by atoms with E-state index in [9.17, 15) is 8.78 Å². The Morgan fingerprint density at radius 2 is 1.85 bits per heavy atom. The van der Waals surface area contributed by atoms with Crippen LogP contribution in [0, 0.1) is 0 Å². The molecule has 0 aliphatic heterocycles. The second kappa shape index (κ2) is 4.87. The maximum Gasteiger partial charge on any atom is 0.228 e. The van der Waals surface area contributed by atoms with Gasteiger partial charge in [-0.15, -0.1) is 0 Å². The summed E-state index contributed by atoms with van der Waals surface area (Å²) < 4.78 is 32.6. The molecule has 0 N–H and O–H groups in total. The normalized spacial score (nSPS) is 9.77. The zero-order valence-electron chi connectivity index (χ0n) is 6.60. The first kappa shape index (κ1) is 10.1. The van der Waals surface area contributed by atoms with Gasteiger partial charge < -0.3 is 9.47 Å². The van der Waals surface area contributed by atoms with E-state index in [1.807, 2.05) is 0 Å². The maximum absolute atomic E-state index is 11.8. The van der Waals surface area contributed by atoms with Crippen LogP contribution in [0.15, 0.2) is 18.2 Å².